The minimum Gasteiger partial charge on any atom is -0.396 e. The average Bonchev–Trinajstić information content (AvgIpc) is 1.99. The van der Waals surface area contributed by atoms with E-state index in [-0.39, 0.29) is 18.9 Å². The van der Waals surface area contributed by atoms with E-state index in [1.165, 1.54) is 0 Å². The molecule has 4 nitrogen and oxygen atoms in total. The number of halogens is 1. The van der Waals surface area contributed by atoms with Crippen molar-refractivity contribution in [2.24, 2.45) is 5.92 Å². The van der Waals surface area contributed by atoms with Crippen LogP contribution in [0.3, 0.4) is 0 Å². The maximum atomic E-state index is 12.1. The molecule has 0 aromatic heterocycles. The lowest BCUT2D eigenvalue weighted by Crippen LogP contribution is -2.17. The first kappa shape index (κ1) is 12.8. The summed E-state index contributed by atoms with van der Waals surface area (Å²) in [4.78, 5) is 0. The fourth-order valence-electron chi connectivity index (χ4n) is 0.933. The van der Waals surface area contributed by atoms with Crippen molar-refractivity contribution in [1.29, 1.82) is 0 Å². The second kappa shape index (κ2) is 5.51. The van der Waals surface area contributed by atoms with Crippen LogP contribution in [0.1, 0.15) is 26.2 Å². The van der Waals surface area contributed by atoms with E-state index in [2.05, 4.69) is 0 Å². The first-order valence-electron chi connectivity index (χ1n) is 4.10. The summed E-state index contributed by atoms with van der Waals surface area (Å²) in [6.45, 7) is 1.81. The number of rotatable bonds is 6. The highest BCUT2D eigenvalue weighted by atomic mass is 32.3. The fraction of sp³-hybridized carbons (Fsp3) is 1.00. The van der Waals surface area contributed by atoms with Gasteiger partial charge in [0.1, 0.15) is 0 Å². The number of hydrogen-bond acceptors (Lipinski definition) is 4. The molecule has 0 fully saturated rings. The summed E-state index contributed by atoms with van der Waals surface area (Å²) in [7, 11) is -4.82. The van der Waals surface area contributed by atoms with Crippen molar-refractivity contribution >= 4 is 10.2 Å². The fourth-order valence-corrected chi connectivity index (χ4v) is 1.35. The van der Waals surface area contributed by atoms with Crippen LogP contribution in [-0.2, 0) is 10.2 Å². The molecule has 0 rings (SSSR count). The van der Waals surface area contributed by atoms with Gasteiger partial charge in [-0.15, -0.1) is 3.89 Å². The quantitative estimate of drug-likeness (QED) is 0.628. The summed E-state index contributed by atoms with van der Waals surface area (Å²) in [5.74, 6) is 0.0846. The first-order chi connectivity index (χ1) is 5.88. The van der Waals surface area contributed by atoms with Crippen LogP contribution in [-0.4, -0.2) is 30.7 Å². The van der Waals surface area contributed by atoms with Gasteiger partial charge in [0.2, 0.25) is 0 Å². The summed E-state index contributed by atoms with van der Waals surface area (Å²) in [5, 5.41) is 17.3. The van der Waals surface area contributed by atoms with Crippen LogP contribution in [0.25, 0.3) is 0 Å². The molecule has 0 aliphatic carbocycles. The van der Waals surface area contributed by atoms with Crippen molar-refractivity contribution in [3.63, 3.8) is 0 Å². The molecule has 13 heavy (non-hydrogen) atoms. The Morgan fingerprint density at radius 2 is 1.85 bits per heavy atom. The Labute approximate surface area is 77.6 Å². The molecule has 2 atom stereocenters. The highest BCUT2D eigenvalue weighted by Crippen LogP contribution is 2.14. The molecule has 6 heteroatoms. The van der Waals surface area contributed by atoms with Gasteiger partial charge in [0.25, 0.3) is 0 Å². The predicted molar refractivity (Wildman–Crippen MR) is 46.1 cm³/mol. The number of aliphatic hydroxyl groups is 2. The van der Waals surface area contributed by atoms with Crippen LogP contribution in [0.15, 0.2) is 0 Å². The normalized spacial score (nSPS) is 16.9. The van der Waals surface area contributed by atoms with E-state index in [9.17, 15) is 12.3 Å². The Kier molecular flexibility index (Phi) is 5.43. The van der Waals surface area contributed by atoms with Gasteiger partial charge < -0.3 is 10.2 Å². The maximum absolute atomic E-state index is 12.1. The van der Waals surface area contributed by atoms with Crippen molar-refractivity contribution in [3.8, 4) is 0 Å². The van der Waals surface area contributed by atoms with Gasteiger partial charge in [-0.1, -0.05) is 6.92 Å². The monoisotopic (exact) mass is 214 g/mol. The topological polar surface area (TPSA) is 74.6 Å². The molecule has 0 aliphatic rings. The van der Waals surface area contributed by atoms with Gasteiger partial charge >= 0.3 is 10.2 Å². The van der Waals surface area contributed by atoms with Gasteiger partial charge in [-0.3, -0.25) is 0 Å². The zero-order valence-corrected chi connectivity index (χ0v) is 8.30. The lowest BCUT2D eigenvalue weighted by atomic mass is 10.0. The SMILES string of the molecule is CC(CCO)CCC(O)S(=O)(=O)F. The van der Waals surface area contributed by atoms with Crippen LogP contribution >= 0.6 is 0 Å². The molecule has 0 saturated heterocycles. The molecule has 0 spiro atoms. The van der Waals surface area contributed by atoms with Gasteiger partial charge in [-0.2, -0.15) is 8.42 Å². The predicted octanol–water partition coefficient (Wildman–Crippen LogP) is 0.403. The van der Waals surface area contributed by atoms with Crippen LogP contribution < -0.4 is 0 Å². The summed E-state index contributed by atoms with van der Waals surface area (Å²) < 4.78 is 32.4. The van der Waals surface area contributed by atoms with Crippen LogP contribution in [0.5, 0.6) is 0 Å². The van der Waals surface area contributed by atoms with Gasteiger partial charge in [-0.05, 0) is 25.2 Å². The zero-order valence-electron chi connectivity index (χ0n) is 7.48. The van der Waals surface area contributed by atoms with Crippen LogP contribution in [0, 0.1) is 5.92 Å². The second-order valence-corrected chi connectivity index (χ2v) is 4.62. The highest BCUT2D eigenvalue weighted by Gasteiger charge is 2.21. The molecule has 0 amide bonds. The summed E-state index contributed by atoms with van der Waals surface area (Å²) in [6.07, 6.45) is 0.782. The average molecular weight is 214 g/mol. The third-order valence-electron chi connectivity index (χ3n) is 1.85. The van der Waals surface area contributed by atoms with E-state index in [1.807, 2.05) is 0 Å². The molecule has 0 aliphatic heterocycles. The van der Waals surface area contributed by atoms with E-state index in [1.54, 1.807) is 6.92 Å². The highest BCUT2D eigenvalue weighted by molar-refractivity contribution is 7.86. The van der Waals surface area contributed by atoms with Crippen molar-refractivity contribution in [3.05, 3.63) is 0 Å². The van der Waals surface area contributed by atoms with E-state index >= 15 is 0 Å². The third kappa shape index (κ3) is 5.95. The van der Waals surface area contributed by atoms with Gasteiger partial charge in [-0.25, -0.2) is 0 Å². The Morgan fingerprint density at radius 3 is 2.23 bits per heavy atom. The molecule has 2 unspecified atom stereocenters. The minimum atomic E-state index is -4.82. The van der Waals surface area contributed by atoms with E-state index in [0.717, 1.165) is 0 Å². The summed E-state index contributed by atoms with van der Waals surface area (Å²) >= 11 is 0. The first-order valence-corrected chi connectivity index (χ1v) is 5.55. The van der Waals surface area contributed by atoms with Gasteiger partial charge in [0, 0.05) is 6.61 Å². The van der Waals surface area contributed by atoms with Crippen molar-refractivity contribution in [1.82, 2.24) is 0 Å². The molecular formula is C7H15FO4S. The Bertz CT molecular complexity index is 227. The van der Waals surface area contributed by atoms with Crippen molar-refractivity contribution in [2.75, 3.05) is 6.61 Å². The van der Waals surface area contributed by atoms with Gasteiger partial charge in [0.15, 0.2) is 5.44 Å². The van der Waals surface area contributed by atoms with Crippen molar-refractivity contribution < 1.29 is 22.5 Å². The molecule has 0 aromatic carbocycles. The maximum Gasteiger partial charge on any atom is 0.329 e. The summed E-state index contributed by atoms with van der Waals surface area (Å²) in [6, 6.07) is 0. The third-order valence-corrected chi connectivity index (χ3v) is 2.74. The lowest BCUT2D eigenvalue weighted by Gasteiger charge is -2.10. The molecule has 0 radical (unpaired) electrons. The Morgan fingerprint density at radius 1 is 1.31 bits per heavy atom. The van der Waals surface area contributed by atoms with E-state index in [0.29, 0.717) is 12.8 Å². The van der Waals surface area contributed by atoms with Gasteiger partial charge in [0.05, 0.1) is 0 Å². The largest absolute Gasteiger partial charge is 0.396 e. The van der Waals surface area contributed by atoms with Crippen molar-refractivity contribution in [2.45, 2.75) is 31.6 Å². The summed E-state index contributed by atoms with van der Waals surface area (Å²) in [5.41, 5.74) is -1.92. The van der Waals surface area contributed by atoms with Crippen LogP contribution in [0.2, 0.25) is 0 Å². The second-order valence-electron chi connectivity index (χ2n) is 3.13. The van der Waals surface area contributed by atoms with Crippen LogP contribution in [0.4, 0.5) is 3.89 Å². The zero-order chi connectivity index (χ0) is 10.5. The molecular weight excluding hydrogens is 199 g/mol. The smallest absolute Gasteiger partial charge is 0.329 e. The number of hydrogen-bond donors (Lipinski definition) is 2. The van der Waals surface area contributed by atoms with E-state index < -0.39 is 15.7 Å². The molecule has 2 N–H and O–H groups in total. The number of aliphatic hydroxyl groups excluding tert-OH is 2. The standard InChI is InChI=1S/C7H15FO4S/c1-6(4-5-9)2-3-7(10)13(8,11)12/h6-7,9-10H,2-5H2,1H3. The molecule has 0 aromatic rings. The Hall–Kier alpha value is -0.200. The molecule has 0 saturated carbocycles. The van der Waals surface area contributed by atoms with E-state index in [4.69, 9.17) is 10.2 Å². The molecule has 0 heterocycles. The molecule has 0 bridgehead atoms. The lowest BCUT2D eigenvalue weighted by molar-refractivity contribution is 0.208. The minimum absolute atomic E-state index is 0.0135. The molecule has 80 valence electrons. The Balaban J connectivity index is 3.77.